The van der Waals surface area contributed by atoms with Gasteiger partial charge in [-0.15, -0.1) is 0 Å². The van der Waals surface area contributed by atoms with Crippen LogP contribution in [-0.4, -0.2) is 38.3 Å². The highest BCUT2D eigenvalue weighted by molar-refractivity contribution is 5.95. The normalized spacial score (nSPS) is 20.5. The minimum Gasteiger partial charge on any atom is -0.490 e. The van der Waals surface area contributed by atoms with Crippen LogP contribution in [0.3, 0.4) is 0 Å². The van der Waals surface area contributed by atoms with Crippen molar-refractivity contribution in [3.63, 3.8) is 0 Å². The summed E-state index contributed by atoms with van der Waals surface area (Å²) in [5.74, 6) is 1.73. The summed E-state index contributed by atoms with van der Waals surface area (Å²) in [7, 11) is 0. The summed E-state index contributed by atoms with van der Waals surface area (Å²) in [4.78, 5) is 12.6. The molecule has 1 fully saturated rings. The third-order valence-corrected chi connectivity index (χ3v) is 4.36. The van der Waals surface area contributed by atoms with E-state index in [2.05, 4.69) is 24.5 Å². The van der Waals surface area contributed by atoms with Gasteiger partial charge in [-0.1, -0.05) is 20.3 Å². The van der Waals surface area contributed by atoms with Gasteiger partial charge in [-0.2, -0.15) is 0 Å². The minimum atomic E-state index is -0.0465. The predicted molar refractivity (Wildman–Crippen MR) is 95.9 cm³/mol. The summed E-state index contributed by atoms with van der Waals surface area (Å²) in [6.45, 7) is 9.31. The van der Waals surface area contributed by atoms with E-state index in [0.29, 0.717) is 36.2 Å². The minimum absolute atomic E-state index is 0.0465. The van der Waals surface area contributed by atoms with E-state index in [4.69, 9.17) is 9.47 Å². The zero-order chi connectivity index (χ0) is 17.4. The van der Waals surface area contributed by atoms with Crippen LogP contribution < -0.4 is 20.1 Å². The molecular formula is C19H30N2O3. The first-order valence-corrected chi connectivity index (χ1v) is 9.06. The van der Waals surface area contributed by atoms with Crippen molar-refractivity contribution < 1.29 is 14.3 Å². The smallest absolute Gasteiger partial charge is 0.251 e. The number of rotatable bonds is 8. The quantitative estimate of drug-likeness (QED) is 0.718. The molecule has 1 heterocycles. The van der Waals surface area contributed by atoms with Crippen molar-refractivity contribution in [3.8, 4) is 11.5 Å². The van der Waals surface area contributed by atoms with Gasteiger partial charge in [0.2, 0.25) is 0 Å². The first-order valence-electron chi connectivity index (χ1n) is 9.06. The molecule has 1 saturated heterocycles. The van der Waals surface area contributed by atoms with Gasteiger partial charge in [-0.05, 0) is 57.0 Å². The zero-order valence-electron chi connectivity index (χ0n) is 15.1. The van der Waals surface area contributed by atoms with Crippen LogP contribution in [0.2, 0.25) is 0 Å². The number of benzene rings is 1. The van der Waals surface area contributed by atoms with E-state index < -0.39 is 0 Å². The van der Waals surface area contributed by atoms with Crippen molar-refractivity contribution in [1.29, 1.82) is 0 Å². The van der Waals surface area contributed by atoms with Gasteiger partial charge in [0.05, 0.1) is 13.2 Å². The Morgan fingerprint density at radius 2 is 2.12 bits per heavy atom. The Bertz CT molecular complexity index is 533. The Balaban J connectivity index is 2.05. The third kappa shape index (κ3) is 5.13. The van der Waals surface area contributed by atoms with Crippen molar-refractivity contribution in [3.05, 3.63) is 23.8 Å². The van der Waals surface area contributed by atoms with Crippen molar-refractivity contribution >= 4 is 5.91 Å². The molecule has 0 aromatic heterocycles. The summed E-state index contributed by atoms with van der Waals surface area (Å²) in [5, 5.41) is 6.50. The monoisotopic (exact) mass is 334 g/mol. The van der Waals surface area contributed by atoms with Gasteiger partial charge in [0.15, 0.2) is 11.5 Å². The lowest BCUT2D eigenvalue weighted by molar-refractivity contribution is 0.0913. The molecule has 1 aromatic carbocycles. The molecule has 134 valence electrons. The highest BCUT2D eigenvalue weighted by atomic mass is 16.5. The van der Waals surface area contributed by atoms with Gasteiger partial charge >= 0.3 is 0 Å². The maximum Gasteiger partial charge on any atom is 0.251 e. The lowest BCUT2D eigenvalue weighted by Gasteiger charge is -2.30. The second-order valence-electron chi connectivity index (χ2n) is 6.35. The highest BCUT2D eigenvalue weighted by Crippen LogP contribution is 2.29. The number of ether oxygens (including phenoxy) is 2. The van der Waals surface area contributed by atoms with E-state index in [1.54, 1.807) is 6.07 Å². The number of unbranched alkanes of at least 4 members (excludes halogenated alkanes) is 1. The molecule has 2 unspecified atom stereocenters. The molecule has 5 heteroatoms. The summed E-state index contributed by atoms with van der Waals surface area (Å²) in [6, 6.07) is 5.65. The van der Waals surface area contributed by atoms with Crippen molar-refractivity contribution in [2.24, 2.45) is 5.92 Å². The number of carbonyl (C=O) groups is 1. The summed E-state index contributed by atoms with van der Waals surface area (Å²) in [5.41, 5.74) is 0.618. The first kappa shape index (κ1) is 18.6. The summed E-state index contributed by atoms with van der Waals surface area (Å²) in [6.07, 6.45) is 3.05. The molecule has 0 spiro atoms. The Hall–Kier alpha value is -1.75. The second kappa shape index (κ2) is 9.52. The van der Waals surface area contributed by atoms with Crippen LogP contribution >= 0.6 is 0 Å². The average molecular weight is 334 g/mol. The molecule has 5 nitrogen and oxygen atoms in total. The molecule has 24 heavy (non-hydrogen) atoms. The van der Waals surface area contributed by atoms with Crippen LogP contribution in [0.15, 0.2) is 18.2 Å². The standard InChI is InChI=1S/C19H30N2O3/c1-4-6-11-24-17-8-7-15(12-18(17)23-5-2)19(22)21-16-9-10-20-13-14(16)3/h7-8,12,14,16,20H,4-6,9-11,13H2,1-3H3,(H,21,22). The largest absolute Gasteiger partial charge is 0.490 e. The molecule has 1 aliphatic rings. The number of hydrogen-bond donors (Lipinski definition) is 2. The molecule has 2 N–H and O–H groups in total. The molecule has 2 rings (SSSR count). The Labute approximate surface area is 145 Å². The molecule has 2 atom stereocenters. The fourth-order valence-electron chi connectivity index (χ4n) is 2.84. The van der Waals surface area contributed by atoms with E-state index in [9.17, 15) is 4.79 Å². The van der Waals surface area contributed by atoms with Crippen LogP contribution in [0.1, 0.15) is 50.4 Å². The maximum atomic E-state index is 12.6. The highest BCUT2D eigenvalue weighted by Gasteiger charge is 2.23. The van der Waals surface area contributed by atoms with Gasteiger partial charge in [0, 0.05) is 11.6 Å². The number of hydrogen-bond acceptors (Lipinski definition) is 4. The fraction of sp³-hybridized carbons (Fsp3) is 0.632. The predicted octanol–water partition coefficient (Wildman–Crippen LogP) is 2.99. The lowest BCUT2D eigenvalue weighted by atomic mass is 9.95. The van der Waals surface area contributed by atoms with Crippen LogP contribution in [0, 0.1) is 5.92 Å². The Kier molecular flexibility index (Phi) is 7.37. The number of carbonyl (C=O) groups excluding carboxylic acids is 1. The van der Waals surface area contributed by atoms with Crippen molar-refractivity contribution in [1.82, 2.24) is 10.6 Å². The molecule has 0 saturated carbocycles. The van der Waals surface area contributed by atoms with Gasteiger partial charge < -0.3 is 20.1 Å². The average Bonchev–Trinajstić information content (AvgIpc) is 2.58. The number of nitrogens with one attached hydrogen (secondary N) is 2. The Morgan fingerprint density at radius 3 is 2.83 bits per heavy atom. The van der Waals surface area contributed by atoms with Gasteiger partial charge in [-0.25, -0.2) is 0 Å². The molecule has 1 aliphatic heterocycles. The van der Waals surface area contributed by atoms with Crippen molar-refractivity contribution in [2.75, 3.05) is 26.3 Å². The first-order chi connectivity index (χ1) is 11.7. The van der Waals surface area contributed by atoms with Gasteiger partial charge in [0.25, 0.3) is 5.91 Å². The SMILES string of the molecule is CCCCOc1ccc(C(=O)NC2CCNCC2C)cc1OCC. The molecule has 1 aromatic rings. The topological polar surface area (TPSA) is 59.6 Å². The van der Waals surface area contributed by atoms with E-state index in [-0.39, 0.29) is 11.9 Å². The zero-order valence-corrected chi connectivity index (χ0v) is 15.1. The molecular weight excluding hydrogens is 304 g/mol. The maximum absolute atomic E-state index is 12.6. The van der Waals surface area contributed by atoms with E-state index in [1.165, 1.54) is 0 Å². The van der Waals surface area contributed by atoms with E-state index >= 15 is 0 Å². The summed E-state index contributed by atoms with van der Waals surface area (Å²) < 4.78 is 11.4. The van der Waals surface area contributed by atoms with E-state index in [1.807, 2.05) is 19.1 Å². The van der Waals surface area contributed by atoms with Crippen molar-refractivity contribution in [2.45, 2.75) is 46.1 Å². The van der Waals surface area contributed by atoms with Gasteiger partial charge in [0.1, 0.15) is 0 Å². The lowest BCUT2D eigenvalue weighted by Crippen LogP contribution is -2.48. The van der Waals surface area contributed by atoms with Crippen LogP contribution in [0.25, 0.3) is 0 Å². The fourth-order valence-corrected chi connectivity index (χ4v) is 2.84. The van der Waals surface area contributed by atoms with Crippen LogP contribution in [-0.2, 0) is 0 Å². The van der Waals surface area contributed by atoms with Gasteiger partial charge in [-0.3, -0.25) is 4.79 Å². The molecule has 1 amide bonds. The molecule has 0 aliphatic carbocycles. The molecule has 0 bridgehead atoms. The summed E-state index contributed by atoms with van der Waals surface area (Å²) >= 11 is 0. The van der Waals surface area contributed by atoms with Crippen LogP contribution in [0.5, 0.6) is 11.5 Å². The number of amides is 1. The van der Waals surface area contributed by atoms with E-state index in [0.717, 1.165) is 32.4 Å². The Morgan fingerprint density at radius 1 is 1.29 bits per heavy atom. The second-order valence-corrected chi connectivity index (χ2v) is 6.35. The molecule has 0 radical (unpaired) electrons. The number of piperidine rings is 1. The van der Waals surface area contributed by atoms with Crippen LogP contribution in [0.4, 0.5) is 0 Å². The third-order valence-electron chi connectivity index (χ3n) is 4.36.